The number of halogens is 10. The number of hydrogen-bond donors (Lipinski definition) is 1. The van der Waals surface area contributed by atoms with Crippen molar-refractivity contribution in [1.29, 1.82) is 0 Å². The van der Waals surface area contributed by atoms with E-state index in [0.29, 0.717) is 6.07 Å². The predicted octanol–water partition coefficient (Wildman–Crippen LogP) is 8.02. The molecule has 2 atom stereocenters. The predicted molar refractivity (Wildman–Crippen MR) is 118 cm³/mol. The molecule has 3 nitrogen and oxygen atoms in total. The van der Waals surface area contributed by atoms with Crippen LogP contribution in [-0.4, -0.2) is 17.9 Å². The van der Waals surface area contributed by atoms with Crippen LogP contribution in [0.1, 0.15) is 46.3 Å². The van der Waals surface area contributed by atoms with Gasteiger partial charge >= 0.3 is 12.4 Å². The Labute approximate surface area is 209 Å². The van der Waals surface area contributed by atoms with E-state index in [9.17, 15) is 40.3 Å². The van der Waals surface area contributed by atoms with E-state index in [4.69, 9.17) is 40.5 Å². The third kappa shape index (κ3) is 7.11. The molecule has 0 radical (unpaired) electrons. The molecule has 2 rings (SSSR count). The van der Waals surface area contributed by atoms with Crippen molar-refractivity contribution in [3.8, 4) is 0 Å². The number of ketones is 1. The Bertz CT molecular complexity index is 1150. The number of rotatable bonds is 7. The van der Waals surface area contributed by atoms with Crippen LogP contribution in [0.5, 0.6) is 0 Å². The van der Waals surface area contributed by atoms with Crippen molar-refractivity contribution in [1.82, 2.24) is 0 Å². The average molecular weight is 565 g/mol. The van der Waals surface area contributed by atoms with Crippen LogP contribution in [0, 0.1) is 5.92 Å². The number of alkyl halides is 6. The second-order valence-electron chi connectivity index (χ2n) is 7.52. The normalized spacial score (nSPS) is 14.5. The summed E-state index contributed by atoms with van der Waals surface area (Å²) >= 11 is 17.2. The first-order valence-corrected chi connectivity index (χ1v) is 10.7. The summed E-state index contributed by atoms with van der Waals surface area (Å²) in [6.45, 7) is 1.23. The molecule has 190 valence electrons. The van der Waals surface area contributed by atoms with Crippen molar-refractivity contribution in [2.24, 2.45) is 11.7 Å². The van der Waals surface area contributed by atoms with Gasteiger partial charge in [0.15, 0.2) is 5.78 Å². The fraction of sp³-hybridized carbons (Fsp3) is 0.273. The molecule has 0 saturated heterocycles. The minimum atomic E-state index is -5.15. The second kappa shape index (κ2) is 10.8. The number of Topliss-reactive ketones (excluding diaryl/α,β-unsaturated/α-hetero) is 1. The molecule has 1 amide bonds. The van der Waals surface area contributed by atoms with Crippen LogP contribution in [0.15, 0.2) is 36.4 Å². The summed E-state index contributed by atoms with van der Waals surface area (Å²) in [4.78, 5) is 23.4. The number of hydrogen-bond acceptors (Lipinski definition) is 2. The summed E-state index contributed by atoms with van der Waals surface area (Å²) < 4.78 is 96.6. The summed E-state index contributed by atoms with van der Waals surface area (Å²) in [5.41, 5.74) is 1.09. The van der Waals surface area contributed by atoms with Gasteiger partial charge in [-0.3, -0.25) is 9.59 Å². The van der Waals surface area contributed by atoms with Crippen LogP contribution in [0.3, 0.4) is 0 Å². The van der Waals surface area contributed by atoms with E-state index in [2.05, 4.69) is 0 Å². The standard InChI is InChI=1S/C22H15Cl3F7NO2/c1-9(20(33)35)4-18(34)12-3-2-10(5-14(12)22(30,31)32)17(26)8-13(21(27,28)29)11-6-15(23)19(25)16(24)7-11/h2-3,5-9,13H,4H2,1H3,(H2,33,35)/b17-8-/t9-,13?/m0/s1. The smallest absolute Gasteiger partial charge is 0.369 e. The summed E-state index contributed by atoms with van der Waals surface area (Å²) in [6.07, 6.45) is -10.8. The van der Waals surface area contributed by atoms with Gasteiger partial charge < -0.3 is 5.73 Å². The van der Waals surface area contributed by atoms with Gasteiger partial charge in [0.2, 0.25) is 5.91 Å². The van der Waals surface area contributed by atoms with E-state index in [1.54, 1.807) is 0 Å². The topological polar surface area (TPSA) is 60.2 Å². The molecule has 0 bridgehead atoms. The molecule has 2 aromatic rings. The number of allylic oxidation sites excluding steroid dienone is 1. The van der Waals surface area contributed by atoms with Gasteiger partial charge in [0.05, 0.1) is 20.6 Å². The van der Waals surface area contributed by atoms with Gasteiger partial charge in [-0.2, -0.15) is 26.3 Å². The van der Waals surface area contributed by atoms with Crippen LogP contribution < -0.4 is 5.73 Å². The van der Waals surface area contributed by atoms with E-state index in [-0.39, 0.29) is 27.2 Å². The molecule has 0 aromatic heterocycles. The first kappa shape index (κ1) is 28.9. The molecule has 2 N–H and O–H groups in total. The highest BCUT2D eigenvalue weighted by atomic mass is 35.5. The lowest BCUT2D eigenvalue weighted by Crippen LogP contribution is -2.24. The molecule has 0 fully saturated rings. The van der Waals surface area contributed by atoms with Gasteiger partial charge in [0, 0.05) is 23.5 Å². The Morgan fingerprint density at radius 1 is 1.00 bits per heavy atom. The lowest BCUT2D eigenvalue weighted by atomic mass is 9.93. The molecule has 0 saturated carbocycles. The van der Waals surface area contributed by atoms with Crippen LogP contribution in [0.4, 0.5) is 30.7 Å². The zero-order chi connectivity index (χ0) is 26.9. The van der Waals surface area contributed by atoms with E-state index < -0.39 is 70.4 Å². The maximum absolute atomic E-state index is 14.9. The number of primary amides is 1. The highest BCUT2D eigenvalue weighted by Gasteiger charge is 2.41. The van der Waals surface area contributed by atoms with Crippen molar-refractivity contribution in [3.63, 3.8) is 0 Å². The fourth-order valence-corrected chi connectivity index (χ4v) is 3.65. The minimum absolute atomic E-state index is 0.0576. The van der Waals surface area contributed by atoms with Gasteiger partial charge in [-0.05, 0) is 29.8 Å². The Balaban J connectivity index is 2.58. The molecule has 35 heavy (non-hydrogen) atoms. The number of carbonyl (C=O) groups excluding carboxylic acids is 2. The van der Waals surface area contributed by atoms with Gasteiger partial charge in [0.25, 0.3) is 0 Å². The van der Waals surface area contributed by atoms with Crippen molar-refractivity contribution in [3.05, 3.63) is 73.7 Å². The number of benzene rings is 2. The number of amides is 1. The summed E-state index contributed by atoms with van der Waals surface area (Å²) in [5.74, 6) is -7.38. The summed E-state index contributed by atoms with van der Waals surface area (Å²) in [6, 6.07) is 3.17. The summed E-state index contributed by atoms with van der Waals surface area (Å²) in [7, 11) is 0. The fourth-order valence-electron chi connectivity index (χ4n) is 3.04. The van der Waals surface area contributed by atoms with E-state index in [0.717, 1.165) is 18.2 Å². The molecule has 0 spiro atoms. The first-order valence-electron chi connectivity index (χ1n) is 9.56. The van der Waals surface area contributed by atoms with E-state index in [1.165, 1.54) is 6.92 Å². The van der Waals surface area contributed by atoms with Gasteiger partial charge in [-0.25, -0.2) is 4.39 Å². The minimum Gasteiger partial charge on any atom is -0.369 e. The molecule has 0 heterocycles. The second-order valence-corrected chi connectivity index (χ2v) is 8.71. The lowest BCUT2D eigenvalue weighted by molar-refractivity contribution is -0.140. The molecular formula is C22H15Cl3F7NO2. The van der Waals surface area contributed by atoms with E-state index >= 15 is 0 Å². The monoisotopic (exact) mass is 563 g/mol. The molecule has 1 unspecified atom stereocenters. The largest absolute Gasteiger partial charge is 0.417 e. The maximum atomic E-state index is 14.9. The summed E-state index contributed by atoms with van der Waals surface area (Å²) in [5, 5.41) is -0.919. The first-order chi connectivity index (χ1) is 15.9. The van der Waals surface area contributed by atoms with Crippen LogP contribution >= 0.6 is 34.8 Å². The molecule has 0 aliphatic heterocycles. The molecule has 13 heteroatoms. The van der Waals surface area contributed by atoms with Gasteiger partial charge in [-0.1, -0.05) is 53.9 Å². The Kier molecular flexibility index (Phi) is 8.89. The maximum Gasteiger partial charge on any atom is 0.417 e. The van der Waals surface area contributed by atoms with Crippen molar-refractivity contribution in [2.75, 3.05) is 0 Å². The molecule has 0 aliphatic carbocycles. The molecule has 2 aromatic carbocycles. The Hall–Kier alpha value is -2.30. The van der Waals surface area contributed by atoms with Crippen molar-refractivity contribution < 1.29 is 40.3 Å². The number of carbonyl (C=O) groups is 2. The zero-order valence-electron chi connectivity index (χ0n) is 17.5. The molecule has 0 aliphatic rings. The van der Waals surface area contributed by atoms with Crippen molar-refractivity contribution in [2.45, 2.75) is 31.6 Å². The van der Waals surface area contributed by atoms with E-state index in [1.807, 2.05) is 0 Å². The van der Waals surface area contributed by atoms with Gasteiger partial charge in [-0.15, -0.1) is 0 Å². The Morgan fingerprint density at radius 3 is 2.00 bits per heavy atom. The van der Waals surface area contributed by atoms with Crippen molar-refractivity contribution >= 4 is 52.3 Å². The Morgan fingerprint density at radius 2 is 1.54 bits per heavy atom. The van der Waals surface area contributed by atoms with Crippen LogP contribution in [0.2, 0.25) is 15.1 Å². The SMILES string of the molecule is C[C@@H](CC(=O)c1ccc(/C(F)=C/C(c2cc(Cl)c(Cl)c(Cl)c2)C(F)(F)F)cc1C(F)(F)F)C(N)=O. The third-order valence-electron chi connectivity index (χ3n) is 4.91. The average Bonchev–Trinajstić information content (AvgIpc) is 2.73. The number of nitrogens with two attached hydrogens (primary N) is 1. The van der Waals surface area contributed by atoms with Crippen LogP contribution in [-0.2, 0) is 11.0 Å². The third-order valence-corrected chi connectivity index (χ3v) is 6.11. The highest BCUT2D eigenvalue weighted by molar-refractivity contribution is 6.48. The lowest BCUT2D eigenvalue weighted by Gasteiger charge is -2.19. The van der Waals surface area contributed by atoms with Gasteiger partial charge in [0.1, 0.15) is 11.7 Å². The quantitative estimate of drug-likeness (QED) is 0.210. The highest BCUT2D eigenvalue weighted by Crippen LogP contribution is 2.43. The van der Waals surface area contributed by atoms with Crippen LogP contribution in [0.25, 0.3) is 5.83 Å². The zero-order valence-corrected chi connectivity index (χ0v) is 19.8. The molecular weight excluding hydrogens is 550 g/mol.